The van der Waals surface area contributed by atoms with E-state index in [1.807, 2.05) is 67.8 Å². The molecule has 1 aromatic carbocycles. The van der Waals surface area contributed by atoms with Crippen molar-refractivity contribution in [2.75, 3.05) is 6.61 Å². The van der Waals surface area contributed by atoms with Crippen molar-refractivity contribution >= 4 is 17.3 Å². The molecule has 3 aromatic heterocycles. The molecule has 0 radical (unpaired) electrons. The lowest BCUT2D eigenvalue weighted by Crippen LogP contribution is -2.30. The molecule has 166 valence electrons. The Balaban J connectivity index is 1.56. The predicted octanol–water partition coefficient (Wildman–Crippen LogP) is 4.84. The molecule has 6 nitrogen and oxygen atoms in total. The van der Waals surface area contributed by atoms with Crippen LogP contribution in [0, 0.1) is 0 Å². The highest BCUT2D eigenvalue weighted by molar-refractivity contribution is 7.80. The Hall–Kier alpha value is -3.71. The van der Waals surface area contributed by atoms with Crippen molar-refractivity contribution < 1.29 is 4.74 Å². The van der Waals surface area contributed by atoms with Crippen LogP contribution in [0.4, 0.5) is 0 Å². The van der Waals surface area contributed by atoms with Gasteiger partial charge in [-0.25, -0.2) is 0 Å². The molecule has 0 bridgehead atoms. The second kappa shape index (κ2) is 9.42. The zero-order valence-corrected chi connectivity index (χ0v) is 19.2. The standard InChI is InChI=1S/C26H25N5OS/c1-2-32-21-13-11-20(12-14-21)30-17-7-10-23(30)25-24(22-9-4-6-16-28-22)29-26(33)31(25)18-19-8-3-5-15-27-19/h3-17,24-25H,2,18H2,1H3,(H,29,33)/t24-,25+/m0/s1. The molecule has 0 amide bonds. The fourth-order valence-electron chi connectivity index (χ4n) is 4.30. The van der Waals surface area contributed by atoms with Gasteiger partial charge in [0.1, 0.15) is 5.75 Å². The van der Waals surface area contributed by atoms with E-state index in [1.165, 1.54) is 0 Å². The highest BCUT2D eigenvalue weighted by atomic mass is 32.1. The maximum absolute atomic E-state index is 5.81. The Bertz CT molecular complexity index is 1210. The van der Waals surface area contributed by atoms with Crippen LogP contribution in [0.1, 0.15) is 36.1 Å². The summed E-state index contributed by atoms with van der Waals surface area (Å²) in [7, 11) is 0. The van der Waals surface area contributed by atoms with E-state index in [9.17, 15) is 0 Å². The van der Waals surface area contributed by atoms with Crippen molar-refractivity contribution in [3.05, 3.63) is 108 Å². The van der Waals surface area contributed by atoms with E-state index in [2.05, 4.69) is 55.2 Å². The van der Waals surface area contributed by atoms with Gasteiger partial charge in [0.25, 0.3) is 0 Å². The minimum atomic E-state index is -0.0845. The third-order valence-electron chi connectivity index (χ3n) is 5.77. The van der Waals surface area contributed by atoms with Crippen LogP contribution in [0.2, 0.25) is 0 Å². The van der Waals surface area contributed by atoms with E-state index < -0.39 is 0 Å². The van der Waals surface area contributed by atoms with Crippen LogP contribution >= 0.6 is 12.2 Å². The van der Waals surface area contributed by atoms with Gasteiger partial charge in [0.05, 0.1) is 36.6 Å². The van der Waals surface area contributed by atoms with Gasteiger partial charge in [0.15, 0.2) is 5.11 Å². The van der Waals surface area contributed by atoms with Crippen molar-refractivity contribution in [3.8, 4) is 11.4 Å². The van der Waals surface area contributed by atoms with Crippen LogP contribution in [0.25, 0.3) is 5.69 Å². The molecule has 5 rings (SSSR count). The van der Waals surface area contributed by atoms with Gasteiger partial charge in [0.2, 0.25) is 0 Å². The number of rotatable bonds is 7. The SMILES string of the molecule is CCOc1ccc(-n2cccc2[C@@H]2[C@H](c3ccccn3)NC(=S)N2Cc2ccccn2)cc1. The highest BCUT2D eigenvalue weighted by Gasteiger charge is 2.41. The average molecular weight is 456 g/mol. The second-order valence-electron chi connectivity index (χ2n) is 7.81. The Morgan fingerprint density at radius 1 is 0.939 bits per heavy atom. The molecule has 2 atom stereocenters. The molecule has 1 fully saturated rings. The van der Waals surface area contributed by atoms with E-state index in [0.29, 0.717) is 18.3 Å². The lowest BCUT2D eigenvalue weighted by molar-refractivity contribution is 0.299. The first kappa shape index (κ1) is 21.2. The summed E-state index contributed by atoms with van der Waals surface area (Å²) >= 11 is 5.81. The lowest BCUT2D eigenvalue weighted by atomic mass is 10.0. The third kappa shape index (κ3) is 4.32. The van der Waals surface area contributed by atoms with Gasteiger partial charge in [-0.15, -0.1) is 0 Å². The average Bonchev–Trinajstić information content (AvgIpc) is 3.46. The highest BCUT2D eigenvalue weighted by Crippen LogP contribution is 2.40. The monoisotopic (exact) mass is 455 g/mol. The van der Waals surface area contributed by atoms with Gasteiger partial charge in [-0.05, 0) is 79.8 Å². The molecule has 4 aromatic rings. The molecule has 0 spiro atoms. The Labute approximate surface area is 198 Å². The molecule has 0 saturated carbocycles. The maximum atomic E-state index is 5.81. The molecular formula is C26H25N5OS. The Morgan fingerprint density at radius 2 is 1.73 bits per heavy atom. The summed E-state index contributed by atoms with van der Waals surface area (Å²) in [5.74, 6) is 0.863. The zero-order valence-electron chi connectivity index (χ0n) is 18.3. The first-order valence-corrected chi connectivity index (χ1v) is 11.4. The molecule has 1 aliphatic rings. The van der Waals surface area contributed by atoms with Crippen molar-refractivity contribution in [1.29, 1.82) is 0 Å². The molecule has 1 aliphatic heterocycles. The van der Waals surface area contributed by atoms with E-state index >= 15 is 0 Å². The minimum Gasteiger partial charge on any atom is -0.494 e. The van der Waals surface area contributed by atoms with Gasteiger partial charge in [-0.3, -0.25) is 9.97 Å². The number of hydrogen-bond acceptors (Lipinski definition) is 4. The molecule has 33 heavy (non-hydrogen) atoms. The number of hydrogen-bond donors (Lipinski definition) is 1. The quantitative estimate of drug-likeness (QED) is 0.403. The summed E-state index contributed by atoms with van der Waals surface area (Å²) in [5.41, 5.74) is 4.10. The molecule has 0 aliphatic carbocycles. The number of pyridine rings is 2. The smallest absolute Gasteiger partial charge is 0.170 e. The van der Waals surface area contributed by atoms with Gasteiger partial charge in [-0.2, -0.15) is 0 Å². The van der Waals surface area contributed by atoms with Gasteiger partial charge < -0.3 is 19.5 Å². The van der Waals surface area contributed by atoms with Crippen LogP contribution in [0.3, 0.4) is 0 Å². The first-order chi connectivity index (χ1) is 16.2. The lowest BCUT2D eigenvalue weighted by Gasteiger charge is -2.28. The summed E-state index contributed by atoms with van der Waals surface area (Å²) in [4.78, 5) is 11.4. The van der Waals surface area contributed by atoms with Crippen LogP contribution in [-0.4, -0.2) is 31.2 Å². The predicted molar refractivity (Wildman–Crippen MR) is 132 cm³/mol. The van der Waals surface area contributed by atoms with E-state index in [0.717, 1.165) is 28.5 Å². The number of thiocarbonyl (C=S) groups is 1. The zero-order chi connectivity index (χ0) is 22.6. The second-order valence-corrected chi connectivity index (χ2v) is 8.19. The number of nitrogens with zero attached hydrogens (tertiary/aromatic N) is 4. The number of benzene rings is 1. The Kier molecular flexibility index (Phi) is 6.04. The summed E-state index contributed by atoms with van der Waals surface area (Å²) in [5, 5.41) is 4.21. The van der Waals surface area contributed by atoms with Crippen LogP contribution in [-0.2, 0) is 6.54 Å². The summed E-state index contributed by atoms with van der Waals surface area (Å²) in [6, 6.07) is 24.2. The molecule has 1 saturated heterocycles. The Morgan fingerprint density at radius 3 is 2.42 bits per heavy atom. The van der Waals surface area contributed by atoms with Crippen molar-refractivity contribution in [1.82, 2.24) is 24.8 Å². The van der Waals surface area contributed by atoms with Crippen molar-refractivity contribution in [2.45, 2.75) is 25.6 Å². The number of nitrogens with one attached hydrogen (secondary N) is 1. The molecule has 0 unspecified atom stereocenters. The van der Waals surface area contributed by atoms with E-state index in [4.69, 9.17) is 17.0 Å². The molecular weight excluding hydrogens is 430 g/mol. The van der Waals surface area contributed by atoms with Crippen LogP contribution < -0.4 is 10.1 Å². The topological polar surface area (TPSA) is 55.2 Å². The molecule has 7 heteroatoms. The number of aromatic nitrogens is 3. The van der Waals surface area contributed by atoms with Crippen LogP contribution in [0.5, 0.6) is 5.75 Å². The first-order valence-electron chi connectivity index (χ1n) is 11.0. The third-order valence-corrected chi connectivity index (χ3v) is 6.12. The summed E-state index contributed by atoms with van der Waals surface area (Å²) in [6.07, 6.45) is 5.72. The number of ether oxygens (including phenoxy) is 1. The fourth-order valence-corrected chi connectivity index (χ4v) is 4.61. The maximum Gasteiger partial charge on any atom is 0.170 e. The fraction of sp³-hybridized carbons (Fsp3) is 0.192. The van der Waals surface area contributed by atoms with Gasteiger partial charge in [-0.1, -0.05) is 12.1 Å². The van der Waals surface area contributed by atoms with Gasteiger partial charge in [0, 0.05) is 30.0 Å². The molecule has 4 heterocycles. The van der Waals surface area contributed by atoms with Crippen molar-refractivity contribution in [2.24, 2.45) is 0 Å². The van der Waals surface area contributed by atoms with Crippen LogP contribution in [0.15, 0.2) is 91.4 Å². The van der Waals surface area contributed by atoms with Gasteiger partial charge >= 0.3 is 0 Å². The molecule has 1 N–H and O–H groups in total. The van der Waals surface area contributed by atoms with E-state index in [-0.39, 0.29) is 12.1 Å². The summed E-state index contributed by atoms with van der Waals surface area (Å²) < 4.78 is 7.83. The largest absolute Gasteiger partial charge is 0.494 e. The van der Waals surface area contributed by atoms with E-state index in [1.54, 1.807) is 0 Å². The van der Waals surface area contributed by atoms with Crippen molar-refractivity contribution in [3.63, 3.8) is 0 Å². The minimum absolute atomic E-state index is 0.0593. The summed E-state index contributed by atoms with van der Waals surface area (Å²) in [6.45, 7) is 3.24. The normalized spacial score (nSPS) is 17.7.